The quantitative estimate of drug-likeness (QED) is 0.801. The Hall–Kier alpha value is -1.47. The molecule has 5 nitrogen and oxygen atoms in total. The Kier molecular flexibility index (Phi) is 5.52. The van der Waals surface area contributed by atoms with Crippen molar-refractivity contribution in [2.75, 3.05) is 5.75 Å². The van der Waals surface area contributed by atoms with Gasteiger partial charge in [-0.25, -0.2) is 17.5 Å². The lowest BCUT2D eigenvalue weighted by molar-refractivity contribution is -0.140. The molecule has 2 rings (SSSR count). The van der Waals surface area contributed by atoms with Gasteiger partial charge in [-0.2, -0.15) is 0 Å². The van der Waals surface area contributed by atoms with Crippen LogP contribution < -0.4 is 4.72 Å². The molecule has 1 atom stereocenters. The summed E-state index contributed by atoms with van der Waals surface area (Å²) in [5.41, 5.74) is 0.568. The van der Waals surface area contributed by atoms with Crippen molar-refractivity contribution in [2.45, 2.75) is 38.1 Å². The summed E-state index contributed by atoms with van der Waals surface area (Å²) in [5.74, 6) is -1.97. The Bertz CT molecular complexity index is 626. The Morgan fingerprint density at radius 1 is 1.36 bits per heavy atom. The zero-order valence-electron chi connectivity index (χ0n) is 12.2. The minimum absolute atomic E-state index is 0.143. The fraction of sp³-hybridized carbons (Fsp3) is 0.533. The van der Waals surface area contributed by atoms with Crippen LogP contribution in [-0.4, -0.2) is 31.3 Å². The molecule has 1 unspecified atom stereocenters. The van der Waals surface area contributed by atoms with Crippen molar-refractivity contribution >= 4 is 16.0 Å². The van der Waals surface area contributed by atoms with E-state index >= 15 is 0 Å². The molecule has 1 aromatic rings. The monoisotopic (exact) mass is 329 g/mol. The molecule has 0 spiro atoms. The lowest BCUT2D eigenvalue weighted by atomic mass is 9.99. The largest absolute Gasteiger partial charge is 0.480 e. The molecule has 7 heteroatoms. The molecule has 0 aliphatic heterocycles. The SMILES string of the molecule is O=C(O)C(NS(=O)(=O)CCc1cccc(F)c1)C1CCCC1. The molecule has 0 bridgehead atoms. The van der Waals surface area contributed by atoms with Gasteiger partial charge in [-0.15, -0.1) is 0 Å². The van der Waals surface area contributed by atoms with Crippen molar-refractivity contribution in [1.82, 2.24) is 4.72 Å². The van der Waals surface area contributed by atoms with Crippen molar-refractivity contribution in [3.63, 3.8) is 0 Å². The van der Waals surface area contributed by atoms with Crippen LogP contribution in [0.4, 0.5) is 4.39 Å². The van der Waals surface area contributed by atoms with Gasteiger partial charge in [-0.1, -0.05) is 25.0 Å². The molecule has 1 aliphatic carbocycles. The van der Waals surface area contributed by atoms with E-state index in [0.29, 0.717) is 5.56 Å². The van der Waals surface area contributed by atoms with Gasteiger partial charge >= 0.3 is 5.97 Å². The second-order valence-corrected chi connectivity index (χ2v) is 7.55. The summed E-state index contributed by atoms with van der Waals surface area (Å²) in [6.07, 6.45) is 3.45. The summed E-state index contributed by atoms with van der Waals surface area (Å²) < 4.78 is 39.5. The molecule has 1 fully saturated rings. The minimum Gasteiger partial charge on any atom is -0.480 e. The number of benzene rings is 1. The number of carbonyl (C=O) groups is 1. The van der Waals surface area contributed by atoms with Gasteiger partial charge < -0.3 is 5.11 Å². The number of aryl methyl sites for hydroxylation is 1. The molecule has 122 valence electrons. The van der Waals surface area contributed by atoms with E-state index in [2.05, 4.69) is 4.72 Å². The standard InChI is InChI=1S/C15H20FNO4S/c16-13-7-3-4-11(10-13)8-9-22(20,21)17-14(15(18)19)12-5-1-2-6-12/h3-4,7,10,12,14,17H,1-2,5-6,8-9H2,(H,18,19). The van der Waals surface area contributed by atoms with Crippen LogP contribution in [0.2, 0.25) is 0 Å². The lowest BCUT2D eigenvalue weighted by Crippen LogP contribution is -2.46. The molecule has 0 amide bonds. The first-order valence-electron chi connectivity index (χ1n) is 7.34. The van der Waals surface area contributed by atoms with E-state index in [4.69, 9.17) is 0 Å². The molecular formula is C15H20FNO4S. The molecule has 0 radical (unpaired) electrons. The van der Waals surface area contributed by atoms with E-state index in [1.54, 1.807) is 6.07 Å². The third-order valence-corrected chi connectivity index (χ3v) is 5.35. The smallest absolute Gasteiger partial charge is 0.322 e. The molecule has 1 aromatic carbocycles. The summed E-state index contributed by atoms with van der Waals surface area (Å²) >= 11 is 0. The summed E-state index contributed by atoms with van der Waals surface area (Å²) in [6.45, 7) is 0. The van der Waals surface area contributed by atoms with Gasteiger partial charge in [0.2, 0.25) is 10.0 Å². The number of hydrogen-bond acceptors (Lipinski definition) is 3. The minimum atomic E-state index is -3.73. The number of rotatable bonds is 7. The van der Waals surface area contributed by atoms with E-state index in [1.165, 1.54) is 18.2 Å². The number of sulfonamides is 1. The number of carboxylic acid groups (broad SMARTS) is 1. The van der Waals surface area contributed by atoms with Crippen molar-refractivity contribution in [1.29, 1.82) is 0 Å². The van der Waals surface area contributed by atoms with Gasteiger partial charge in [0.05, 0.1) is 5.75 Å². The maximum atomic E-state index is 13.1. The van der Waals surface area contributed by atoms with E-state index in [9.17, 15) is 22.7 Å². The molecule has 2 N–H and O–H groups in total. The van der Waals surface area contributed by atoms with E-state index < -0.39 is 27.9 Å². The fourth-order valence-corrected chi connectivity index (χ4v) is 4.14. The highest BCUT2D eigenvalue weighted by Gasteiger charge is 2.33. The summed E-state index contributed by atoms with van der Waals surface area (Å²) in [6, 6.07) is 4.66. The predicted octanol–water partition coefficient (Wildman–Crippen LogP) is 1.93. The van der Waals surface area contributed by atoms with Crippen molar-refractivity contribution in [2.24, 2.45) is 5.92 Å². The number of halogens is 1. The van der Waals surface area contributed by atoms with Crippen LogP contribution in [0.5, 0.6) is 0 Å². The maximum absolute atomic E-state index is 13.1. The number of carboxylic acids is 1. The van der Waals surface area contributed by atoms with Gasteiger partial charge in [0.25, 0.3) is 0 Å². The van der Waals surface area contributed by atoms with Crippen LogP contribution in [0.15, 0.2) is 24.3 Å². The van der Waals surface area contributed by atoms with E-state index in [-0.39, 0.29) is 18.1 Å². The Labute approximate surface area is 129 Å². The average molecular weight is 329 g/mol. The van der Waals surface area contributed by atoms with Gasteiger partial charge in [0.15, 0.2) is 0 Å². The highest BCUT2D eigenvalue weighted by atomic mass is 32.2. The predicted molar refractivity (Wildman–Crippen MR) is 80.4 cm³/mol. The Morgan fingerprint density at radius 3 is 2.64 bits per heavy atom. The Balaban J connectivity index is 1.98. The molecular weight excluding hydrogens is 309 g/mol. The van der Waals surface area contributed by atoms with E-state index in [1.807, 2.05) is 0 Å². The van der Waals surface area contributed by atoms with Gasteiger partial charge in [0.1, 0.15) is 11.9 Å². The highest BCUT2D eigenvalue weighted by Crippen LogP contribution is 2.28. The summed E-state index contributed by atoms with van der Waals surface area (Å²) in [4.78, 5) is 11.3. The summed E-state index contributed by atoms with van der Waals surface area (Å²) in [5, 5.41) is 9.24. The fourth-order valence-electron chi connectivity index (χ4n) is 2.84. The maximum Gasteiger partial charge on any atom is 0.322 e. The zero-order chi connectivity index (χ0) is 16.2. The van der Waals surface area contributed by atoms with Crippen LogP contribution in [0, 0.1) is 11.7 Å². The van der Waals surface area contributed by atoms with Crippen LogP contribution in [0.3, 0.4) is 0 Å². The van der Waals surface area contributed by atoms with Crippen LogP contribution >= 0.6 is 0 Å². The lowest BCUT2D eigenvalue weighted by Gasteiger charge is -2.20. The van der Waals surface area contributed by atoms with Gasteiger partial charge in [-0.3, -0.25) is 4.79 Å². The third-order valence-electron chi connectivity index (χ3n) is 3.99. The molecule has 1 saturated carbocycles. The first-order valence-corrected chi connectivity index (χ1v) is 9.00. The zero-order valence-corrected chi connectivity index (χ0v) is 13.0. The number of hydrogen-bond donors (Lipinski definition) is 2. The van der Waals surface area contributed by atoms with Crippen LogP contribution in [0.25, 0.3) is 0 Å². The Morgan fingerprint density at radius 2 is 2.05 bits per heavy atom. The second-order valence-electron chi connectivity index (χ2n) is 5.68. The van der Waals surface area contributed by atoms with Crippen molar-refractivity contribution in [3.8, 4) is 0 Å². The number of nitrogens with one attached hydrogen (secondary N) is 1. The van der Waals surface area contributed by atoms with Crippen LogP contribution in [0.1, 0.15) is 31.2 Å². The normalized spacial score (nSPS) is 17.5. The molecule has 0 aromatic heterocycles. The third kappa shape index (κ3) is 4.78. The topological polar surface area (TPSA) is 83.5 Å². The molecule has 0 heterocycles. The van der Waals surface area contributed by atoms with Crippen molar-refractivity contribution < 1.29 is 22.7 Å². The van der Waals surface area contributed by atoms with Gasteiger partial charge in [-0.05, 0) is 42.9 Å². The first-order chi connectivity index (χ1) is 10.4. The highest BCUT2D eigenvalue weighted by molar-refractivity contribution is 7.89. The average Bonchev–Trinajstić information content (AvgIpc) is 2.96. The molecule has 22 heavy (non-hydrogen) atoms. The molecule has 1 aliphatic rings. The second kappa shape index (κ2) is 7.19. The van der Waals surface area contributed by atoms with Crippen LogP contribution in [-0.2, 0) is 21.2 Å². The first kappa shape index (κ1) is 16.9. The number of aliphatic carboxylic acids is 1. The van der Waals surface area contributed by atoms with Crippen molar-refractivity contribution in [3.05, 3.63) is 35.6 Å². The summed E-state index contributed by atoms with van der Waals surface area (Å²) in [7, 11) is -3.73. The molecule has 0 saturated heterocycles. The van der Waals surface area contributed by atoms with Gasteiger partial charge in [0, 0.05) is 0 Å². The van der Waals surface area contributed by atoms with E-state index in [0.717, 1.165) is 25.7 Å².